The Kier molecular flexibility index (Phi) is 5.15. The fraction of sp³-hybridized carbons (Fsp3) is 0.182. The van der Waals surface area contributed by atoms with Crippen LogP contribution >= 0.6 is 11.6 Å². The maximum absolute atomic E-state index is 12.9. The van der Waals surface area contributed by atoms with Crippen LogP contribution in [-0.4, -0.2) is 14.5 Å². The average Bonchev–Trinajstić information content (AvgIpc) is 2.70. The molecule has 1 N–H and O–H groups in total. The van der Waals surface area contributed by atoms with E-state index in [-0.39, 0.29) is 17.0 Å². The van der Waals surface area contributed by atoms with E-state index in [9.17, 15) is 8.42 Å². The highest BCUT2D eigenvalue weighted by Crippen LogP contribution is 2.42. The normalized spacial score (nSPS) is 19.3. The van der Waals surface area contributed by atoms with Crippen LogP contribution in [0, 0.1) is 0 Å². The number of para-hydroxylation sites is 1. The summed E-state index contributed by atoms with van der Waals surface area (Å²) in [6, 6.07) is 24.0. The van der Waals surface area contributed by atoms with Gasteiger partial charge in [-0.3, -0.25) is 0 Å². The molecule has 3 aromatic carbocycles. The molecule has 4 nitrogen and oxygen atoms in total. The van der Waals surface area contributed by atoms with Crippen molar-refractivity contribution in [1.29, 1.82) is 0 Å². The van der Waals surface area contributed by atoms with Gasteiger partial charge in [0.15, 0.2) is 0 Å². The number of nitrogens with one attached hydrogen (secondary N) is 1. The number of anilines is 2. The summed E-state index contributed by atoms with van der Waals surface area (Å²) >= 11 is 6.05. The summed E-state index contributed by atoms with van der Waals surface area (Å²) in [6.07, 6.45) is 0.658. The van der Waals surface area contributed by atoms with Gasteiger partial charge in [0.05, 0.1) is 10.9 Å². The Morgan fingerprint density at radius 2 is 1.57 bits per heavy atom. The van der Waals surface area contributed by atoms with E-state index < -0.39 is 10.0 Å². The first-order valence-corrected chi connectivity index (χ1v) is 11.0. The van der Waals surface area contributed by atoms with E-state index in [1.54, 1.807) is 30.3 Å². The molecule has 0 amide bonds. The average molecular weight is 413 g/mol. The third-order valence-electron chi connectivity index (χ3n) is 5.05. The Balaban J connectivity index is 1.71. The molecule has 2 unspecified atom stereocenters. The van der Waals surface area contributed by atoms with Gasteiger partial charge in [-0.2, -0.15) is 0 Å². The van der Waals surface area contributed by atoms with Crippen molar-refractivity contribution in [3.63, 3.8) is 0 Å². The molecule has 1 aliphatic heterocycles. The van der Waals surface area contributed by atoms with Crippen molar-refractivity contribution in [3.8, 4) is 0 Å². The van der Waals surface area contributed by atoms with Crippen molar-refractivity contribution in [1.82, 2.24) is 4.72 Å². The van der Waals surface area contributed by atoms with Crippen molar-refractivity contribution in [2.75, 3.05) is 4.90 Å². The molecule has 0 spiro atoms. The van der Waals surface area contributed by atoms with Crippen LogP contribution in [0.1, 0.15) is 24.9 Å². The fourth-order valence-electron chi connectivity index (χ4n) is 3.77. The van der Waals surface area contributed by atoms with Gasteiger partial charge < -0.3 is 4.90 Å². The summed E-state index contributed by atoms with van der Waals surface area (Å²) in [4.78, 5) is 2.51. The van der Waals surface area contributed by atoms with Crippen LogP contribution < -0.4 is 9.62 Å². The number of rotatable bonds is 4. The maximum Gasteiger partial charge on any atom is 0.241 e. The monoisotopic (exact) mass is 412 g/mol. The molecule has 4 rings (SSSR count). The molecule has 28 heavy (non-hydrogen) atoms. The van der Waals surface area contributed by atoms with Gasteiger partial charge in [-0.15, -0.1) is 0 Å². The third-order valence-corrected chi connectivity index (χ3v) is 6.78. The van der Waals surface area contributed by atoms with E-state index in [0.717, 1.165) is 16.9 Å². The Morgan fingerprint density at radius 3 is 2.29 bits per heavy atom. The van der Waals surface area contributed by atoms with E-state index in [1.807, 2.05) is 48.5 Å². The lowest BCUT2D eigenvalue weighted by Crippen LogP contribution is -2.41. The first-order chi connectivity index (χ1) is 13.5. The summed E-state index contributed by atoms with van der Waals surface area (Å²) in [6.45, 7) is 2.11. The number of benzene rings is 3. The van der Waals surface area contributed by atoms with Gasteiger partial charge in [-0.05, 0) is 61.4 Å². The number of fused-ring (bicyclic) bond motifs is 1. The van der Waals surface area contributed by atoms with Crippen LogP contribution in [0.25, 0.3) is 0 Å². The number of nitrogens with zero attached hydrogens (tertiary/aromatic N) is 1. The Hall–Kier alpha value is -2.34. The van der Waals surface area contributed by atoms with Crippen LogP contribution in [0.4, 0.5) is 11.4 Å². The summed E-state index contributed by atoms with van der Waals surface area (Å²) in [5, 5.41) is 0.690. The number of hydrogen-bond acceptors (Lipinski definition) is 3. The van der Waals surface area contributed by atoms with E-state index >= 15 is 0 Å². The number of hydrogen-bond donors (Lipinski definition) is 1. The van der Waals surface area contributed by atoms with Crippen LogP contribution in [0.2, 0.25) is 5.02 Å². The Labute approximate surface area is 170 Å². The molecule has 0 aliphatic carbocycles. The van der Waals surface area contributed by atoms with E-state index in [0.29, 0.717) is 11.4 Å². The van der Waals surface area contributed by atoms with Crippen molar-refractivity contribution >= 4 is 33.0 Å². The molecule has 0 radical (unpaired) electrons. The molecule has 0 fully saturated rings. The van der Waals surface area contributed by atoms with Gasteiger partial charge in [0.25, 0.3) is 0 Å². The lowest BCUT2D eigenvalue weighted by Gasteiger charge is -2.41. The van der Waals surface area contributed by atoms with Crippen LogP contribution in [-0.2, 0) is 10.0 Å². The second kappa shape index (κ2) is 7.59. The fourth-order valence-corrected chi connectivity index (χ4v) is 5.15. The Morgan fingerprint density at radius 1 is 0.929 bits per heavy atom. The molecule has 3 aromatic rings. The summed E-state index contributed by atoms with van der Waals surface area (Å²) in [7, 11) is -3.60. The minimum Gasteiger partial charge on any atom is -0.338 e. The largest absolute Gasteiger partial charge is 0.338 e. The van der Waals surface area contributed by atoms with Gasteiger partial charge >= 0.3 is 0 Å². The van der Waals surface area contributed by atoms with Crippen LogP contribution in [0.3, 0.4) is 0 Å². The molecule has 144 valence electrons. The zero-order chi connectivity index (χ0) is 19.7. The maximum atomic E-state index is 12.9. The predicted molar refractivity (Wildman–Crippen MR) is 114 cm³/mol. The van der Waals surface area contributed by atoms with Crippen molar-refractivity contribution in [3.05, 3.63) is 89.4 Å². The van der Waals surface area contributed by atoms with Crippen LogP contribution in [0.5, 0.6) is 0 Å². The smallest absolute Gasteiger partial charge is 0.241 e. The van der Waals surface area contributed by atoms with Crippen molar-refractivity contribution < 1.29 is 8.42 Å². The second-order valence-corrected chi connectivity index (χ2v) is 9.13. The van der Waals surface area contributed by atoms with E-state index in [2.05, 4.69) is 16.5 Å². The molecule has 2 atom stereocenters. The Bertz CT molecular complexity index is 1070. The van der Waals surface area contributed by atoms with Gasteiger partial charge in [0, 0.05) is 22.4 Å². The topological polar surface area (TPSA) is 49.4 Å². The summed E-state index contributed by atoms with van der Waals surface area (Å²) in [5.74, 6) is 0. The van der Waals surface area contributed by atoms with Gasteiger partial charge in [-0.1, -0.05) is 48.0 Å². The molecule has 0 saturated carbocycles. The third kappa shape index (κ3) is 3.65. The second-order valence-electron chi connectivity index (χ2n) is 6.98. The highest BCUT2D eigenvalue weighted by Gasteiger charge is 2.33. The molecule has 0 saturated heterocycles. The van der Waals surface area contributed by atoms with Crippen molar-refractivity contribution in [2.24, 2.45) is 0 Å². The molecule has 6 heteroatoms. The lowest BCUT2D eigenvalue weighted by molar-refractivity contribution is 0.486. The minimum atomic E-state index is -3.60. The number of sulfonamides is 1. The molecule has 1 aliphatic rings. The highest BCUT2D eigenvalue weighted by molar-refractivity contribution is 7.89. The summed E-state index contributed by atoms with van der Waals surface area (Å²) < 4.78 is 28.6. The van der Waals surface area contributed by atoms with Gasteiger partial charge in [0.1, 0.15) is 0 Å². The summed E-state index contributed by atoms with van der Waals surface area (Å²) in [5.41, 5.74) is 3.01. The van der Waals surface area contributed by atoms with E-state index in [4.69, 9.17) is 11.6 Å². The first kappa shape index (κ1) is 19.0. The standard InChI is InChI=1S/C22H21ClN2O2S/c1-16-15-21(24-28(26,27)19-7-3-2-4-8-19)20-9-5-6-10-22(20)25(16)18-13-11-17(23)12-14-18/h2-14,16,21,24H,15H2,1H3. The predicted octanol–water partition coefficient (Wildman–Crippen LogP) is 5.29. The molecular formula is C22H21ClN2O2S. The highest BCUT2D eigenvalue weighted by atomic mass is 35.5. The van der Waals surface area contributed by atoms with Crippen molar-refractivity contribution in [2.45, 2.75) is 30.3 Å². The number of halogens is 1. The van der Waals surface area contributed by atoms with Gasteiger partial charge in [-0.25, -0.2) is 13.1 Å². The minimum absolute atomic E-state index is 0.111. The lowest BCUT2D eigenvalue weighted by atomic mass is 9.92. The molecule has 0 bridgehead atoms. The SMILES string of the molecule is CC1CC(NS(=O)(=O)c2ccccc2)c2ccccc2N1c1ccc(Cl)cc1. The van der Waals surface area contributed by atoms with Crippen LogP contribution in [0.15, 0.2) is 83.8 Å². The van der Waals surface area contributed by atoms with Gasteiger partial charge in [0.2, 0.25) is 10.0 Å². The van der Waals surface area contributed by atoms with E-state index in [1.165, 1.54) is 0 Å². The molecule has 1 heterocycles. The molecular weight excluding hydrogens is 392 g/mol. The zero-order valence-corrected chi connectivity index (χ0v) is 17.0. The molecule has 0 aromatic heterocycles. The quantitative estimate of drug-likeness (QED) is 0.633. The zero-order valence-electron chi connectivity index (χ0n) is 15.4. The first-order valence-electron chi connectivity index (χ1n) is 9.17.